The number of rotatable bonds is 15. The molecule has 0 bridgehead atoms. The summed E-state index contributed by atoms with van der Waals surface area (Å²) in [6.45, 7) is 14.6. The minimum absolute atomic E-state index is 0.214. The van der Waals surface area contributed by atoms with Gasteiger partial charge in [0.1, 0.15) is 0 Å². The molecule has 11 atom stereocenters. The van der Waals surface area contributed by atoms with Crippen LogP contribution in [0.1, 0.15) is 105 Å². The molecule has 228 valence electrons. The number of nitrogens with two attached hydrogens (primary N) is 3. The fraction of sp³-hybridized carbons (Fsp3) is 1.00. The Morgan fingerprint density at radius 3 is 2.13 bits per heavy atom. The molecule has 0 aromatic rings. The van der Waals surface area contributed by atoms with Crippen molar-refractivity contribution in [3.05, 3.63) is 0 Å². The minimum atomic E-state index is 0.214. The van der Waals surface area contributed by atoms with Crippen LogP contribution < -0.4 is 17.2 Å². The molecule has 6 N–H and O–H groups in total. The summed E-state index contributed by atoms with van der Waals surface area (Å²) in [6.07, 6.45) is 15.1. The second-order valence-corrected chi connectivity index (χ2v) is 14.2. The van der Waals surface area contributed by atoms with E-state index in [0.29, 0.717) is 67.0 Å². The van der Waals surface area contributed by atoms with Crippen molar-refractivity contribution in [3.8, 4) is 0 Å². The fourth-order valence-electron chi connectivity index (χ4n) is 10.3. The summed E-state index contributed by atoms with van der Waals surface area (Å²) >= 11 is 0. The largest absolute Gasteiger partial charge is 0.378 e. The van der Waals surface area contributed by atoms with Gasteiger partial charge in [-0.3, -0.25) is 0 Å². The lowest BCUT2D eigenvalue weighted by atomic mass is 9.43. The number of fused-ring (bicyclic) bond motifs is 5. The van der Waals surface area contributed by atoms with Gasteiger partial charge in [-0.05, 0) is 125 Å². The van der Waals surface area contributed by atoms with Crippen LogP contribution in [0.5, 0.6) is 0 Å². The lowest BCUT2D eigenvalue weighted by Gasteiger charge is -2.65. The topological polar surface area (TPSA) is 106 Å². The maximum absolute atomic E-state index is 6.92. The lowest BCUT2D eigenvalue weighted by Crippen LogP contribution is -2.63. The van der Waals surface area contributed by atoms with Crippen LogP contribution in [0.4, 0.5) is 0 Å². The lowest BCUT2D eigenvalue weighted by molar-refractivity contribution is -0.227. The molecule has 4 rings (SSSR count). The number of hydrogen-bond donors (Lipinski definition) is 3. The second kappa shape index (κ2) is 14.3. The van der Waals surface area contributed by atoms with Gasteiger partial charge in [-0.1, -0.05) is 40.5 Å². The highest BCUT2D eigenvalue weighted by molar-refractivity contribution is 5.15. The van der Waals surface area contributed by atoms with Gasteiger partial charge < -0.3 is 31.4 Å². The van der Waals surface area contributed by atoms with E-state index in [-0.39, 0.29) is 5.41 Å². The number of ether oxygens (including phenoxy) is 3. The van der Waals surface area contributed by atoms with Crippen molar-refractivity contribution in [1.82, 2.24) is 0 Å². The van der Waals surface area contributed by atoms with Gasteiger partial charge in [0, 0.05) is 25.2 Å². The van der Waals surface area contributed by atoms with E-state index in [1.807, 2.05) is 0 Å². The molecule has 0 heterocycles. The van der Waals surface area contributed by atoms with Crippen molar-refractivity contribution >= 4 is 0 Å². The van der Waals surface area contributed by atoms with Crippen LogP contribution in [-0.4, -0.2) is 57.8 Å². The Kier molecular flexibility index (Phi) is 11.6. The molecule has 4 saturated carbocycles. The summed E-state index contributed by atoms with van der Waals surface area (Å²) in [6, 6.07) is 0. The van der Waals surface area contributed by atoms with Crippen LogP contribution in [0.15, 0.2) is 0 Å². The Bertz CT molecular complexity index is 739. The standard InChI is InChI=1S/C33H63N3O3/c1-5-9-23(2)26-10-11-27-31-28(22-30(33(26,27)4)39-19-8-16-36)32(3)13-12-25(37-17-6-14-34)20-24(32)21-29(31)38-18-7-15-35/h23-31H,5-22,34-36H2,1-4H3/t23-,24+,25-,26-,27+,28+,29-,30+,31+,32+,33-/m1/s1. The summed E-state index contributed by atoms with van der Waals surface area (Å²) in [7, 11) is 0. The molecule has 0 unspecified atom stereocenters. The van der Waals surface area contributed by atoms with Crippen molar-refractivity contribution in [2.24, 2.45) is 63.5 Å². The van der Waals surface area contributed by atoms with E-state index >= 15 is 0 Å². The zero-order valence-corrected chi connectivity index (χ0v) is 25.9. The van der Waals surface area contributed by atoms with Gasteiger partial charge in [0.2, 0.25) is 0 Å². The molecule has 0 spiro atoms. The predicted molar refractivity (Wildman–Crippen MR) is 160 cm³/mol. The normalized spacial score (nSPS) is 42.5. The van der Waals surface area contributed by atoms with E-state index in [9.17, 15) is 0 Å². The monoisotopic (exact) mass is 549 g/mol. The van der Waals surface area contributed by atoms with Crippen molar-refractivity contribution in [2.45, 2.75) is 123 Å². The van der Waals surface area contributed by atoms with Gasteiger partial charge in [-0.2, -0.15) is 0 Å². The summed E-state index contributed by atoms with van der Waals surface area (Å²) in [5.74, 6) is 4.05. The predicted octanol–water partition coefficient (Wildman–Crippen LogP) is 5.50. The first-order chi connectivity index (χ1) is 18.8. The minimum Gasteiger partial charge on any atom is -0.378 e. The quantitative estimate of drug-likeness (QED) is 0.233. The van der Waals surface area contributed by atoms with E-state index < -0.39 is 0 Å². The molecule has 0 aliphatic heterocycles. The molecule has 0 amide bonds. The molecule has 6 nitrogen and oxygen atoms in total. The second-order valence-electron chi connectivity index (χ2n) is 14.2. The molecular weight excluding hydrogens is 486 g/mol. The van der Waals surface area contributed by atoms with E-state index in [1.165, 1.54) is 51.4 Å². The SMILES string of the molecule is CCC[C@@H](C)[C@H]1CC[C@H]2[C@@H]3[C@H](OCCCN)C[C@@H]4C[C@H](OCCCN)CC[C@]4(C)[C@H]3C[C@H](OCCCN)[C@]12C. The van der Waals surface area contributed by atoms with Crippen LogP contribution in [0, 0.1) is 46.3 Å². The van der Waals surface area contributed by atoms with Gasteiger partial charge in [0.25, 0.3) is 0 Å². The van der Waals surface area contributed by atoms with Crippen molar-refractivity contribution in [2.75, 3.05) is 39.5 Å². The van der Waals surface area contributed by atoms with Crippen molar-refractivity contribution in [1.29, 1.82) is 0 Å². The average Bonchev–Trinajstić information content (AvgIpc) is 3.28. The van der Waals surface area contributed by atoms with Crippen LogP contribution in [-0.2, 0) is 14.2 Å². The molecule has 4 aliphatic rings. The third kappa shape index (κ3) is 6.41. The molecule has 0 aromatic heterocycles. The Morgan fingerprint density at radius 2 is 1.46 bits per heavy atom. The zero-order chi connectivity index (χ0) is 28.0. The first kappa shape index (κ1) is 31.7. The maximum atomic E-state index is 6.92. The van der Waals surface area contributed by atoms with E-state index in [4.69, 9.17) is 31.4 Å². The third-order valence-corrected chi connectivity index (χ3v) is 12.2. The van der Waals surface area contributed by atoms with Gasteiger partial charge in [-0.15, -0.1) is 0 Å². The molecule has 39 heavy (non-hydrogen) atoms. The molecule has 4 fully saturated rings. The first-order valence-corrected chi connectivity index (χ1v) is 16.8. The summed E-state index contributed by atoms with van der Waals surface area (Å²) < 4.78 is 20.1. The van der Waals surface area contributed by atoms with E-state index in [0.717, 1.165) is 57.3 Å². The van der Waals surface area contributed by atoms with E-state index in [2.05, 4.69) is 27.7 Å². The van der Waals surface area contributed by atoms with Crippen molar-refractivity contribution < 1.29 is 14.2 Å². The van der Waals surface area contributed by atoms with Crippen LogP contribution >= 0.6 is 0 Å². The Labute approximate surface area is 240 Å². The number of hydrogen-bond acceptors (Lipinski definition) is 6. The molecular formula is C33H63N3O3. The van der Waals surface area contributed by atoms with Gasteiger partial charge in [-0.25, -0.2) is 0 Å². The smallest absolute Gasteiger partial charge is 0.0637 e. The van der Waals surface area contributed by atoms with Gasteiger partial charge in [0.05, 0.1) is 18.3 Å². The zero-order valence-electron chi connectivity index (χ0n) is 25.9. The molecule has 0 radical (unpaired) electrons. The first-order valence-electron chi connectivity index (χ1n) is 16.8. The van der Waals surface area contributed by atoms with Crippen LogP contribution in [0.25, 0.3) is 0 Å². The Morgan fingerprint density at radius 1 is 0.795 bits per heavy atom. The summed E-state index contributed by atoms with van der Waals surface area (Å²) in [5, 5.41) is 0. The molecule has 0 saturated heterocycles. The van der Waals surface area contributed by atoms with Crippen LogP contribution in [0.2, 0.25) is 0 Å². The van der Waals surface area contributed by atoms with Gasteiger partial charge >= 0.3 is 0 Å². The highest BCUT2D eigenvalue weighted by atomic mass is 16.5. The molecule has 0 aromatic carbocycles. The molecule has 6 heteroatoms. The maximum Gasteiger partial charge on any atom is 0.0637 e. The third-order valence-electron chi connectivity index (χ3n) is 12.2. The van der Waals surface area contributed by atoms with Crippen LogP contribution in [0.3, 0.4) is 0 Å². The highest BCUT2D eigenvalue weighted by Gasteiger charge is 2.66. The van der Waals surface area contributed by atoms with Crippen molar-refractivity contribution in [3.63, 3.8) is 0 Å². The Balaban J connectivity index is 1.64. The molecule has 4 aliphatic carbocycles. The van der Waals surface area contributed by atoms with Gasteiger partial charge in [0.15, 0.2) is 0 Å². The average molecular weight is 550 g/mol. The summed E-state index contributed by atoms with van der Waals surface area (Å²) in [5.41, 5.74) is 18.1. The highest BCUT2D eigenvalue weighted by Crippen LogP contribution is 2.69. The Hall–Kier alpha value is -0.240. The van der Waals surface area contributed by atoms with E-state index in [1.54, 1.807) is 0 Å². The summed E-state index contributed by atoms with van der Waals surface area (Å²) in [4.78, 5) is 0. The fourth-order valence-corrected chi connectivity index (χ4v) is 10.3.